The second-order valence-corrected chi connectivity index (χ2v) is 24.9. The molecular formula is C85H49F5N6. The van der Waals surface area contributed by atoms with Gasteiger partial charge in [0.2, 0.25) is 0 Å². The van der Waals surface area contributed by atoms with E-state index in [1.165, 1.54) is 12.1 Å². The van der Waals surface area contributed by atoms with Crippen molar-refractivity contribution in [3.8, 4) is 45.3 Å². The highest BCUT2D eigenvalue weighted by Gasteiger charge is 2.38. The van der Waals surface area contributed by atoms with Gasteiger partial charge in [0.25, 0.3) is 0 Å². The number of nitrogens with zero attached hydrogens (tertiary/aromatic N) is 6. The Morgan fingerprint density at radius 3 is 0.688 bits per heavy atom. The lowest BCUT2D eigenvalue weighted by Gasteiger charge is -2.23. The van der Waals surface area contributed by atoms with Gasteiger partial charge in [0, 0.05) is 92.9 Å². The molecular weight excluding hydrogens is 1200 g/mol. The number of hydrogen-bond acceptors (Lipinski definition) is 0. The fourth-order valence-corrected chi connectivity index (χ4v) is 16.0. The molecule has 0 aliphatic rings. The van der Waals surface area contributed by atoms with Gasteiger partial charge in [-0.1, -0.05) is 176 Å². The van der Waals surface area contributed by atoms with Crippen LogP contribution >= 0.6 is 0 Å². The Kier molecular flexibility index (Phi) is 11.3. The van der Waals surface area contributed by atoms with Crippen molar-refractivity contribution < 1.29 is 22.0 Å². The summed E-state index contributed by atoms with van der Waals surface area (Å²) < 4.78 is 97.7. The second kappa shape index (κ2) is 20.0. The van der Waals surface area contributed by atoms with Crippen LogP contribution < -0.4 is 0 Å². The van der Waals surface area contributed by atoms with Gasteiger partial charge in [0.15, 0.2) is 0 Å². The predicted octanol–water partition coefficient (Wildman–Crippen LogP) is 23.2. The molecule has 0 saturated heterocycles. The van der Waals surface area contributed by atoms with Gasteiger partial charge in [-0.05, 0) is 121 Å². The van der Waals surface area contributed by atoms with Crippen molar-refractivity contribution in [3.05, 3.63) is 314 Å². The lowest BCUT2D eigenvalue weighted by atomic mass is 9.96. The van der Waals surface area contributed by atoms with Crippen LogP contribution in [0, 0.1) is 11.6 Å². The first-order valence-electron chi connectivity index (χ1n) is 31.9. The first kappa shape index (κ1) is 54.1. The van der Waals surface area contributed by atoms with E-state index in [0.717, 1.165) is 150 Å². The summed E-state index contributed by atoms with van der Waals surface area (Å²) >= 11 is 0. The van der Waals surface area contributed by atoms with Crippen LogP contribution in [0.25, 0.3) is 176 Å². The van der Waals surface area contributed by atoms with Gasteiger partial charge < -0.3 is 27.4 Å². The molecule has 0 aliphatic heterocycles. The van der Waals surface area contributed by atoms with Crippen LogP contribution in [-0.2, 0) is 6.18 Å². The van der Waals surface area contributed by atoms with Crippen LogP contribution in [0.2, 0.25) is 0 Å². The molecule has 0 aliphatic carbocycles. The summed E-state index contributed by atoms with van der Waals surface area (Å²) in [6, 6.07) is 96.7. The highest BCUT2D eigenvalue weighted by atomic mass is 19.4. The lowest BCUT2D eigenvalue weighted by Crippen LogP contribution is -2.13. The quantitative estimate of drug-likeness (QED) is 0.142. The number of halogens is 5. The fraction of sp³-hybridized carbons (Fsp3) is 0.0118. The van der Waals surface area contributed by atoms with Crippen LogP contribution in [0.5, 0.6) is 0 Å². The molecule has 0 saturated carbocycles. The summed E-state index contributed by atoms with van der Waals surface area (Å²) in [6.45, 7) is 0. The molecule has 6 heterocycles. The van der Waals surface area contributed by atoms with Crippen molar-refractivity contribution in [1.29, 1.82) is 0 Å². The Morgan fingerprint density at radius 2 is 0.438 bits per heavy atom. The molecule has 6 nitrogen and oxygen atoms in total. The van der Waals surface area contributed by atoms with E-state index in [2.05, 4.69) is 188 Å². The third-order valence-electron chi connectivity index (χ3n) is 20.0. The van der Waals surface area contributed by atoms with Crippen LogP contribution in [0.15, 0.2) is 297 Å². The first-order valence-corrected chi connectivity index (χ1v) is 31.9. The average molecular weight is 1250 g/mol. The molecule has 14 aromatic carbocycles. The van der Waals surface area contributed by atoms with Gasteiger partial charge in [0.05, 0.1) is 88.7 Å². The Morgan fingerprint density at radius 1 is 0.208 bits per heavy atom. The summed E-state index contributed by atoms with van der Waals surface area (Å²) in [5, 5.41) is 11.6. The van der Waals surface area contributed by atoms with Gasteiger partial charge in [-0.25, -0.2) is 8.78 Å². The number of fused-ring (bicyclic) bond motifs is 18. The van der Waals surface area contributed by atoms with E-state index < -0.39 is 34.5 Å². The minimum absolute atomic E-state index is 0.116. The molecule has 454 valence electrons. The minimum Gasteiger partial charge on any atom is -0.309 e. The molecule has 6 aromatic heterocycles. The molecule has 0 radical (unpaired) electrons. The van der Waals surface area contributed by atoms with E-state index in [4.69, 9.17) is 0 Å². The number of hydrogen-bond donors (Lipinski definition) is 0. The normalized spacial score (nSPS) is 12.4. The Balaban J connectivity index is 0.980. The molecule has 96 heavy (non-hydrogen) atoms. The van der Waals surface area contributed by atoms with Gasteiger partial charge >= 0.3 is 6.18 Å². The first-order chi connectivity index (χ1) is 47.1. The third kappa shape index (κ3) is 7.61. The molecule has 11 heteroatoms. The van der Waals surface area contributed by atoms with E-state index in [9.17, 15) is 0 Å². The van der Waals surface area contributed by atoms with Crippen LogP contribution in [-0.4, -0.2) is 27.4 Å². The second-order valence-electron chi connectivity index (χ2n) is 24.9. The van der Waals surface area contributed by atoms with Crippen molar-refractivity contribution in [2.24, 2.45) is 0 Å². The molecule has 0 bridgehead atoms. The highest BCUT2D eigenvalue weighted by molar-refractivity contribution is 6.17. The Labute approximate surface area is 543 Å². The van der Waals surface area contributed by atoms with Crippen molar-refractivity contribution in [2.45, 2.75) is 6.18 Å². The SMILES string of the molecule is Fc1cccc(F)c1-c1cc(-n2c3cc(-n4c5ccccc5c5ccccc54)ccc3c3ccc(-n4c5ccccc5c5ccccc54)cc32)c(-n2c3cc(-n4c5ccccc5c5ccccc54)ccc3c3ccc(-n4c5ccccc5c5ccccc54)cc32)cc1C(F)(F)F. The van der Waals surface area contributed by atoms with E-state index >= 15 is 22.0 Å². The highest BCUT2D eigenvalue weighted by Crippen LogP contribution is 2.49. The zero-order valence-corrected chi connectivity index (χ0v) is 50.9. The molecule has 0 unspecified atom stereocenters. The van der Waals surface area contributed by atoms with Crippen molar-refractivity contribution in [3.63, 3.8) is 0 Å². The van der Waals surface area contributed by atoms with Gasteiger partial charge in [-0.3, -0.25) is 0 Å². The molecule has 0 atom stereocenters. The standard InChI is InChI=1S/C85H49F5N6/c86-68-26-17-27-69(87)84(68)66-48-82(95-78-44-50(91-70-28-9-1-18-54(70)55-19-2-10-29-71(55)91)36-40-62(78)63-41-37-51(45-79(63)95)92-72-30-11-3-20-56(72)57-21-4-12-31-73(57)92)83(49-67(66)85(88,89)90)96-80-46-52(93-74-32-13-5-22-58(74)59-23-6-14-33-75(59)93)38-42-64(80)65-43-39-53(47-81(65)96)94-76-34-15-7-24-60(76)61-25-8-16-35-77(61)94/h1-49H. The number of alkyl halides is 3. The summed E-state index contributed by atoms with van der Waals surface area (Å²) in [5.74, 6) is -2.26. The summed E-state index contributed by atoms with van der Waals surface area (Å²) in [6.07, 6.45) is -5.15. The third-order valence-corrected chi connectivity index (χ3v) is 20.0. The van der Waals surface area contributed by atoms with E-state index in [1.807, 2.05) is 106 Å². The maximum atomic E-state index is 17.0. The van der Waals surface area contributed by atoms with E-state index in [0.29, 0.717) is 22.1 Å². The van der Waals surface area contributed by atoms with Crippen LogP contribution in [0.3, 0.4) is 0 Å². The molecule has 0 fully saturated rings. The van der Waals surface area contributed by atoms with Crippen LogP contribution in [0.1, 0.15) is 5.56 Å². The molecule has 20 aromatic rings. The number of para-hydroxylation sites is 8. The maximum absolute atomic E-state index is 17.0. The largest absolute Gasteiger partial charge is 0.417 e. The Hall–Kier alpha value is -12.5. The minimum atomic E-state index is -5.15. The van der Waals surface area contributed by atoms with Crippen molar-refractivity contribution in [2.75, 3.05) is 0 Å². The Bertz CT molecular complexity index is 6170. The summed E-state index contributed by atoms with van der Waals surface area (Å²) in [4.78, 5) is 0. The average Bonchev–Trinajstić information content (AvgIpc) is 1.54. The maximum Gasteiger partial charge on any atom is 0.417 e. The zero-order chi connectivity index (χ0) is 63.8. The fourth-order valence-electron chi connectivity index (χ4n) is 16.0. The molecule has 0 N–H and O–H groups in total. The zero-order valence-electron chi connectivity index (χ0n) is 50.9. The van der Waals surface area contributed by atoms with E-state index in [-0.39, 0.29) is 11.4 Å². The smallest absolute Gasteiger partial charge is 0.309 e. The van der Waals surface area contributed by atoms with Crippen LogP contribution in [0.4, 0.5) is 22.0 Å². The molecule has 20 rings (SSSR count). The predicted molar refractivity (Wildman–Crippen MR) is 383 cm³/mol. The molecule has 0 spiro atoms. The topological polar surface area (TPSA) is 29.6 Å². The lowest BCUT2D eigenvalue weighted by molar-refractivity contribution is -0.137. The monoisotopic (exact) mass is 1250 g/mol. The number of rotatable bonds is 7. The molecule has 0 amide bonds. The van der Waals surface area contributed by atoms with Crippen molar-refractivity contribution in [1.82, 2.24) is 27.4 Å². The van der Waals surface area contributed by atoms with Gasteiger partial charge in [0.1, 0.15) is 11.6 Å². The number of aromatic nitrogens is 6. The van der Waals surface area contributed by atoms with Crippen molar-refractivity contribution >= 4 is 131 Å². The van der Waals surface area contributed by atoms with Gasteiger partial charge in [-0.15, -0.1) is 0 Å². The summed E-state index contributed by atoms with van der Waals surface area (Å²) in [7, 11) is 0. The van der Waals surface area contributed by atoms with Gasteiger partial charge in [-0.2, -0.15) is 13.2 Å². The van der Waals surface area contributed by atoms with E-state index in [1.54, 1.807) is 0 Å². The number of benzene rings is 14. The summed E-state index contributed by atoms with van der Waals surface area (Å²) in [5.41, 5.74) is 11.0.